The van der Waals surface area contributed by atoms with Gasteiger partial charge in [-0.2, -0.15) is 0 Å². The summed E-state index contributed by atoms with van der Waals surface area (Å²) < 4.78 is 0. The number of hydrogen-bond donors (Lipinski definition) is 2. The average Bonchev–Trinajstić information content (AvgIpc) is 2.01. The van der Waals surface area contributed by atoms with Gasteiger partial charge in [0.2, 0.25) is 0 Å². The van der Waals surface area contributed by atoms with Gasteiger partial charge in [0.25, 0.3) is 0 Å². The molecule has 0 bridgehead atoms. The highest BCUT2D eigenvalue weighted by Gasteiger charge is 2.29. The van der Waals surface area contributed by atoms with E-state index in [1.165, 1.54) is 25.7 Å². The summed E-state index contributed by atoms with van der Waals surface area (Å²) in [7, 11) is 0. The van der Waals surface area contributed by atoms with Gasteiger partial charge in [-0.3, -0.25) is 0 Å². The van der Waals surface area contributed by atoms with Gasteiger partial charge in [0.1, 0.15) is 0 Å². The first-order valence-electron chi connectivity index (χ1n) is 5.68. The second-order valence-corrected chi connectivity index (χ2v) is 4.96. The Labute approximate surface area is 80.7 Å². The molecular formula is C11H21NO. The zero-order valence-electron chi connectivity index (χ0n) is 8.50. The van der Waals surface area contributed by atoms with E-state index in [0.717, 1.165) is 24.8 Å². The van der Waals surface area contributed by atoms with E-state index in [4.69, 9.17) is 0 Å². The molecule has 2 aliphatic rings. The van der Waals surface area contributed by atoms with Crippen LogP contribution in [0.15, 0.2) is 0 Å². The Kier molecular flexibility index (Phi) is 2.89. The minimum absolute atomic E-state index is 0.0382. The molecule has 0 spiro atoms. The fourth-order valence-corrected chi connectivity index (χ4v) is 2.69. The van der Waals surface area contributed by atoms with Crippen LogP contribution in [0.4, 0.5) is 0 Å². The lowest BCUT2D eigenvalue weighted by Crippen LogP contribution is -2.47. The molecule has 2 aliphatic carbocycles. The molecule has 2 unspecified atom stereocenters. The molecule has 2 nitrogen and oxygen atoms in total. The lowest BCUT2D eigenvalue weighted by atomic mass is 9.80. The summed E-state index contributed by atoms with van der Waals surface area (Å²) >= 11 is 0. The van der Waals surface area contributed by atoms with Gasteiger partial charge < -0.3 is 10.4 Å². The highest BCUT2D eigenvalue weighted by Crippen LogP contribution is 2.28. The first-order valence-corrected chi connectivity index (χ1v) is 5.68. The van der Waals surface area contributed by atoms with Crippen LogP contribution in [-0.2, 0) is 0 Å². The van der Waals surface area contributed by atoms with Gasteiger partial charge in [-0.15, -0.1) is 0 Å². The van der Waals surface area contributed by atoms with Crippen LogP contribution in [0.3, 0.4) is 0 Å². The topological polar surface area (TPSA) is 32.3 Å². The molecule has 76 valence electrons. The predicted octanol–water partition coefficient (Wildman–Crippen LogP) is 1.68. The van der Waals surface area contributed by atoms with E-state index in [9.17, 15) is 5.11 Å². The third kappa shape index (κ3) is 2.44. The fraction of sp³-hybridized carbons (Fsp3) is 1.00. The van der Waals surface area contributed by atoms with Crippen molar-refractivity contribution in [2.45, 2.75) is 63.6 Å². The summed E-state index contributed by atoms with van der Waals surface area (Å²) in [6.45, 7) is 2.31. The minimum atomic E-state index is -0.0382. The monoisotopic (exact) mass is 183 g/mol. The van der Waals surface area contributed by atoms with Gasteiger partial charge in [-0.25, -0.2) is 0 Å². The Morgan fingerprint density at radius 1 is 1.08 bits per heavy atom. The zero-order valence-corrected chi connectivity index (χ0v) is 8.50. The van der Waals surface area contributed by atoms with Crippen molar-refractivity contribution in [3.05, 3.63) is 0 Å². The lowest BCUT2D eigenvalue weighted by Gasteiger charge is -2.38. The highest BCUT2D eigenvalue weighted by atomic mass is 16.3. The first kappa shape index (κ1) is 9.47. The molecule has 13 heavy (non-hydrogen) atoms. The van der Waals surface area contributed by atoms with E-state index in [1.54, 1.807) is 0 Å². The van der Waals surface area contributed by atoms with E-state index in [-0.39, 0.29) is 6.10 Å². The number of aliphatic hydroxyl groups excluding tert-OH is 1. The van der Waals surface area contributed by atoms with E-state index in [1.807, 2.05) is 0 Å². The fourth-order valence-electron chi connectivity index (χ4n) is 2.69. The van der Waals surface area contributed by atoms with Crippen LogP contribution in [0.2, 0.25) is 0 Å². The van der Waals surface area contributed by atoms with Crippen molar-refractivity contribution < 1.29 is 5.11 Å². The molecule has 0 aromatic carbocycles. The van der Waals surface area contributed by atoms with E-state index >= 15 is 0 Å². The molecule has 0 radical (unpaired) electrons. The molecule has 2 N–H and O–H groups in total. The zero-order chi connectivity index (χ0) is 9.26. The SMILES string of the molecule is CC1CC(NC2CCCC(O)C2)C1. The normalized spacial score (nSPS) is 45.7. The van der Waals surface area contributed by atoms with E-state index in [0.29, 0.717) is 6.04 Å². The molecule has 0 aliphatic heterocycles. The third-order valence-corrected chi connectivity index (χ3v) is 3.49. The summed E-state index contributed by atoms with van der Waals surface area (Å²) in [4.78, 5) is 0. The van der Waals surface area contributed by atoms with Crippen LogP contribution in [0.5, 0.6) is 0 Å². The maximum Gasteiger partial charge on any atom is 0.0555 e. The van der Waals surface area contributed by atoms with Crippen LogP contribution >= 0.6 is 0 Å². The smallest absolute Gasteiger partial charge is 0.0555 e. The quantitative estimate of drug-likeness (QED) is 0.682. The van der Waals surface area contributed by atoms with E-state index in [2.05, 4.69) is 12.2 Å². The average molecular weight is 183 g/mol. The minimum Gasteiger partial charge on any atom is -0.393 e. The van der Waals surface area contributed by atoms with Gasteiger partial charge in [0, 0.05) is 12.1 Å². The summed E-state index contributed by atoms with van der Waals surface area (Å²) in [5, 5.41) is 13.2. The summed E-state index contributed by atoms with van der Waals surface area (Å²) in [6, 6.07) is 1.35. The number of aliphatic hydroxyl groups is 1. The molecule has 2 saturated carbocycles. The van der Waals surface area contributed by atoms with Crippen molar-refractivity contribution in [3.8, 4) is 0 Å². The van der Waals surface area contributed by atoms with Crippen molar-refractivity contribution in [2.24, 2.45) is 5.92 Å². The Hall–Kier alpha value is -0.0800. The second-order valence-electron chi connectivity index (χ2n) is 4.96. The molecule has 0 aromatic heterocycles. The molecule has 2 rings (SSSR count). The van der Waals surface area contributed by atoms with Crippen molar-refractivity contribution in [3.63, 3.8) is 0 Å². The summed E-state index contributed by atoms with van der Waals surface area (Å²) in [5.74, 6) is 0.922. The molecule has 2 heteroatoms. The third-order valence-electron chi connectivity index (χ3n) is 3.49. The maximum atomic E-state index is 9.50. The van der Waals surface area contributed by atoms with Crippen LogP contribution < -0.4 is 5.32 Å². The van der Waals surface area contributed by atoms with Crippen molar-refractivity contribution in [2.75, 3.05) is 0 Å². The Bertz CT molecular complexity index is 165. The number of nitrogens with one attached hydrogen (secondary N) is 1. The predicted molar refractivity (Wildman–Crippen MR) is 53.6 cm³/mol. The van der Waals surface area contributed by atoms with Gasteiger partial charge in [0.05, 0.1) is 6.10 Å². The van der Waals surface area contributed by atoms with Gasteiger partial charge >= 0.3 is 0 Å². The van der Waals surface area contributed by atoms with Crippen LogP contribution in [0, 0.1) is 5.92 Å². The first-order chi connectivity index (χ1) is 6.24. The van der Waals surface area contributed by atoms with Crippen molar-refractivity contribution in [1.29, 1.82) is 0 Å². The standard InChI is InChI=1S/C11H21NO/c1-8-5-10(6-8)12-9-3-2-4-11(13)7-9/h8-13H,2-7H2,1H3. The molecule has 0 aromatic rings. The summed E-state index contributed by atoms with van der Waals surface area (Å²) in [5.41, 5.74) is 0. The van der Waals surface area contributed by atoms with Crippen LogP contribution in [-0.4, -0.2) is 23.3 Å². The largest absolute Gasteiger partial charge is 0.393 e. The Morgan fingerprint density at radius 3 is 2.46 bits per heavy atom. The van der Waals surface area contributed by atoms with Crippen molar-refractivity contribution >= 4 is 0 Å². The second kappa shape index (κ2) is 3.97. The number of rotatable bonds is 2. The van der Waals surface area contributed by atoms with Crippen LogP contribution in [0.1, 0.15) is 45.4 Å². The maximum absolute atomic E-state index is 9.50. The molecule has 2 atom stereocenters. The lowest BCUT2D eigenvalue weighted by molar-refractivity contribution is 0.0985. The van der Waals surface area contributed by atoms with Gasteiger partial charge in [0.15, 0.2) is 0 Å². The van der Waals surface area contributed by atoms with Gasteiger partial charge in [-0.1, -0.05) is 6.92 Å². The molecule has 2 fully saturated rings. The molecule has 0 saturated heterocycles. The number of hydrogen-bond acceptors (Lipinski definition) is 2. The molecule has 0 amide bonds. The Morgan fingerprint density at radius 2 is 1.85 bits per heavy atom. The van der Waals surface area contributed by atoms with Gasteiger partial charge in [-0.05, 0) is 44.4 Å². The molecule has 0 heterocycles. The van der Waals surface area contributed by atoms with Crippen LogP contribution in [0.25, 0.3) is 0 Å². The Balaban J connectivity index is 1.69. The summed E-state index contributed by atoms with van der Waals surface area (Å²) in [6.07, 6.45) is 7.09. The highest BCUT2D eigenvalue weighted by molar-refractivity contribution is 4.87. The van der Waals surface area contributed by atoms with Crippen molar-refractivity contribution in [1.82, 2.24) is 5.32 Å². The van der Waals surface area contributed by atoms with E-state index < -0.39 is 0 Å². The molecular weight excluding hydrogens is 162 g/mol.